The van der Waals surface area contributed by atoms with Gasteiger partial charge in [-0.2, -0.15) is 0 Å². The molecule has 0 fully saturated rings. The summed E-state index contributed by atoms with van der Waals surface area (Å²) in [4.78, 5) is 0. The third kappa shape index (κ3) is 5.52. The van der Waals surface area contributed by atoms with Crippen LogP contribution < -0.4 is 21.3 Å². The first-order valence-electron chi connectivity index (χ1n) is 8.88. The topological polar surface area (TPSA) is 48.1 Å². The maximum atomic E-state index is 5.47. The van der Waals surface area contributed by atoms with Crippen molar-refractivity contribution in [1.29, 1.82) is 0 Å². The molecule has 0 aromatic heterocycles. The van der Waals surface area contributed by atoms with Crippen LogP contribution in [0, 0.1) is 13.8 Å². The van der Waals surface area contributed by atoms with Crippen LogP contribution in [0.3, 0.4) is 0 Å². The smallest absolute Gasteiger partial charge is 0.175 e. The minimum Gasteiger partial charge on any atom is -0.332 e. The number of para-hydroxylation sites is 2. The van der Waals surface area contributed by atoms with Crippen molar-refractivity contribution in [3.8, 4) is 0 Å². The van der Waals surface area contributed by atoms with Crippen molar-refractivity contribution in [2.45, 2.75) is 13.8 Å². The van der Waals surface area contributed by atoms with Crippen LogP contribution in [0.15, 0.2) is 72.8 Å². The van der Waals surface area contributed by atoms with Gasteiger partial charge in [-0.25, -0.2) is 0 Å². The van der Waals surface area contributed by atoms with Crippen molar-refractivity contribution in [2.24, 2.45) is 0 Å². The number of rotatable bonds is 4. The summed E-state index contributed by atoms with van der Waals surface area (Å²) in [6.45, 7) is 4.14. The van der Waals surface area contributed by atoms with E-state index in [4.69, 9.17) is 24.4 Å². The average molecular weight is 407 g/mol. The Bertz CT molecular complexity index is 892. The lowest BCUT2D eigenvalue weighted by molar-refractivity contribution is 1.34. The van der Waals surface area contributed by atoms with E-state index in [0.29, 0.717) is 10.2 Å². The molecule has 0 spiro atoms. The number of hydrogen-bond acceptors (Lipinski definition) is 2. The zero-order valence-corrected chi connectivity index (χ0v) is 17.4. The van der Waals surface area contributed by atoms with Gasteiger partial charge in [-0.05, 0) is 85.8 Å². The van der Waals surface area contributed by atoms with E-state index in [2.05, 4.69) is 47.2 Å². The lowest BCUT2D eigenvalue weighted by Gasteiger charge is -2.18. The number of thiocarbonyl (C=S) groups is 2. The van der Waals surface area contributed by atoms with Crippen molar-refractivity contribution in [3.05, 3.63) is 83.9 Å². The molecule has 0 saturated heterocycles. The molecule has 0 amide bonds. The van der Waals surface area contributed by atoms with Crippen LogP contribution in [0.1, 0.15) is 11.1 Å². The SMILES string of the molecule is Cc1cc(NC(=S)Nc2ccccc2)c(NC(=S)Nc2ccccc2)cc1C. The third-order valence-corrected chi connectivity index (χ3v) is 4.60. The molecule has 0 unspecified atom stereocenters. The molecule has 0 aliphatic rings. The molecule has 0 atom stereocenters. The quantitative estimate of drug-likeness (QED) is 0.404. The van der Waals surface area contributed by atoms with Gasteiger partial charge < -0.3 is 21.3 Å². The summed E-state index contributed by atoms with van der Waals surface area (Å²) in [6, 6.07) is 23.7. The molecule has 0 heterocycles. The zero-order valence-electron chi connectivity index (χ0n) is 15.7. The predicted molar refractivity (Wildman–Crippen MR) is 128 cm³/mol. The molecular formula is C22H22N4S2. The maximum Gasteiger partial charge on any atom is 0.175 e. The molecule has 3 aromatic carbocycles. The standard InChI is InChI=1S/C22H22N4S2/c1-15-13-19(25-21(27)23-17-9-5-3-6-10-17)20(14-16(15)2)26-22(28)24-18-11-7-4-8-12-18/h3-14H,1-2H3,(H2,23,25,27)(H2,24,26,28). The Labute approximate surface area is 176 Å². The molecule has 6 heteroatoms. The third-order valence-electron chi connectivity index (χ3n) is 4.19. The number of nitrogens with one attached hydrogen (secondary N) is 4. The fraction of sp³-hybridized carbons (Fsp3) is 0.0909. The number of hydrogen-bond donors (Lipinski definition) is 4. The molecule has 142 valence electrons. The van der Waals surface area contributed by atoms with E-state index in [1.165, 1.54) is 0 Å². The second kappa shape index (κ2) is 9.30. The van der Waals surface area contributed by atoms with Crippen molar-refractivity contribution >= 4 is 57.4 Å². The van der Waals surface area contributed by atoms with Gasteiger partial charge in [0.15, 0.2) is 10.2 Å². The molecule has 0 aliphatic heterocycles. The van der Waals surface area contributed by atoms with E-state index in [-0.39, 0.29) is 0 Å². The molecule has 0 aliphatic carbocycles. The van der Waals surface area contributed by atoms with E-state index in [9.17, 15) is 0 Å². The van der Waals surface area contributed by atoms with Crippen molar-refractivity contribution in [2.75, 3.05) is 21.3 Å². The van der Waals surface area contributed by atoms with Gasteiger partial charge in [-0.1, -0.05) is 36.4 Å². The molecule has 0 radical (unpaired) electrons. The molecule has 4 nitrogen and oxygen atoms in total. The highest BCUT2D eigenvalue weighted by Gasteiger charge is 2.09. The maximum absolute atomic E-state index is 5.47. The second-order valence-electron chi connectivity index (χ2n) is 6.37. The van der Waals surface area contributed by atoms with Crippen LogP contribution in [-0.4, -0.2) is 10.2 Å². The molecule has 28 heavy (non-hydrogen) atoms. The Balaban J connectivity index is 1.74. The van der Waals surface area contributed by atoms with E-state index >= 15 is 0 Å². The van der Waals surface area contributed by atoms with Gasteiger partial charge in [0.25, 0.3) is 0 Å². The second-order valence-corrected chi connectivity index (χ2v) is 7.19. The Morgan fingerprint density at radius 2 is 0.929 bits per heavy atom. The highest BCUT2D eigenvalue weighted by Crippen LogP contribution is 2.26. The summed E-state index contributed by atoms with van der Waals surface area (Å²) in [5, 5.41) is 13.9. The Morgan fingerprint density at radius 1 is 0.571 bits per heavy atom. The van der Waals surface area contributed by atoms with Crippen LogP contribution >= 0.6 is 24.4 Å². The van der Waals surface area contributed by atoms with Gasteiger partial charge in [-0.15, -0.1) is 0 Å². The monoisotopic (exact) mass is 406 g/mol. The van der Waals surface area contributed by atoms with Crippen LogP contribution in [0.2, 0.25) is 0 Å². The normalized spacial score (nSPS) is 10.1. The van der Waals surface area contributed by atoms with Crippen molar-refractivity contribution < 1.29 is 0 Å². The number of anilines is 4. The fourth-order valence-electron chi connectivity index (χ4n) is 2.64. The van der Waals surface area contributed by atoms with Gasteiger partial charge in [0.05, 0.1) is 11.4 Å². The minimum absolute atomic E-state index is 0.513. The van der Waals surface area contributed by atoms with Crippen LogP contribution in [0.25, 0.3) is 0 Å². The van der Waals surface area contributed by atoms with Gasteiger partial charge >= 0.3 is 0 Å². The lowest BCUT2D eigenvalue weighted by atomic mass is 10.1. The summed E-state index contributed by atoms with van der Waals surface area (Å²) >= 11 is 10.9. The van der Waals surface area contributed by atoms with Crippen LogP contribution in [0.5, 0.6) is 0 Å². The van der Waals surface area contributed by atoms with Gasteiger partial charge in [0.1, 0.15) is 0 Å². The summed E-state index contributed by atoms with van der Waals surface area (Å²) in [5.41, 5.74) is 5.90. The fourth-order valence-corrected chi connectivity index (χ4v) is 3.09. The number of aryl methyl sites for hydroxylation is 2. The van der Waals surface area contributed by atoms with Crippen molar-refractivity contribution in [1.82, 2.24) is 0 Å². The largest absolute Gasteiger partial charge is 0.332 e. The van der Waals surface area contributed by atoms with E-state index in [0.717, 1.165) is 33.9 Å². The highest BCUT2D eigenvalue weighted by molar-refractivity contribution is 7.81. The summed E-state index contributed by atoms with van der Waals surface area (Å²) in [6.07, 6.45) is 0. The molecular weight excluding hydrogens is 384 g/mol. The molecule has 3 rings (SSSR count). The molecule has 0 bridgehead atoms. The van der Waals surface area contributed by atoms with E-state index in [1.54, 1.807) is 0 Å². The molecule has 3 aromatic rings. The Kier molecular flexibility index (Phi) is 6.57. The first-order chi connectivity index (χ1) is 13.5. The molecule has 4 N–H and O–H groups in total. The van der Waals surface area contributed by atoms with Crippen LogP contribution in [0.4, 0.5) is 22.7 Å². The van der Waals surface area contributed by atoms with Gasteiger partial charge in [0.2, 0.25) is 0 Å². The molecule has 0 saturated carbocycles. The van der Waals surface area contributed by atoms with E-state index < -0.39 is 0 Å². The minimum atomic E-state index is 0.513. The van der Waals surface area contributed by atoms with Crippen molar-refractivity contribution in [3.63, 3.8) is 0 Å². The first-order valence-corrected chi connectivity index (χ1v) is 9.70. The highest BCUT2D eigenvalue weighted by atomic mass is 32.1. The van der Waals surface area contributed by atoms with Crippen LogP contribution in [-0.2, 0) is 0 Å². The lowest BCUT2D eigenvalue weighted by Crippen LogP contribution is -2.23. The first kappa shape index (κ1) is 19.8. The van der Waals surface area contributed by atoms with Gasteiger partial charge in [-0.3, -0.25) is 0 Å². The zero-order chi connectivity index (χ0) is 19.9. The Hall–Kier alpha value is -2.96. The summed E-state index contributed by atoms with van der Waals surface area (Å²) in [7, 11) is 0. The Morgan fingerprint density at radius 3 is 1.29 bits per heavy atom. The number of benzene rings is 3. The summed E-state index contributed by atoms with van der Waals surface area (Å²) < 4.78 is 0. The van der Waals surface area contributed by atoms with E-state index in [1.807, 2.05) is 60.7 Å². The predicted octanol–water partition coefficient (Wildman–Crippen LogP) is 5.92. The summed E-state index contributed by atoms with van der Waals surface area (Å²) in [5.74, 6) is 0. The van der Waals surface area contributed by atoms with Gasteiger partial charge in [0, 0.05) is 11.4 Å². The average Bonchev–Trinajstić information content (AvgIpc) is 2.67.